The number of rotatable bonds is 42. The van der Waals surface area contributed by atoms with E-state index >= 15 is 0 Å². The average Bonchev–Trinajstić information content (AvgIpc) is 3.17. The molecule has 0 fully saturated rings. The van der Waals surface area contributed by atoms with E-state index in [0.29, 0.717) is 12.8 Å². The van der Waals surface area contributed by atoms with Gasteiger partial charge in [0.1, 0.15) is 12.7 Å². The van der Waals surface area contributed by atoms with Gasteiger partial charge in [0.15, 0.2) is 6.10 Å². The highest BCUT2D eigenvalue weighted by Gasteiger charge is 2.27. The Morgan fingerprint density at radius 3 is 1.35 bits per heavy atom. The molecular formula is C44H83O10P. The molecule has 324 valence electrons. The van der Waals surface area contributed by atoms with Gasteiger partial charge in [-0.1, -0.05) is 154 Å². The van der Waals surface area contributed by atoms with Crippen LogP contribution in [0.25, 0.3) is 0 Å². The lowest BCUT2D eigenvalue weighted by molar-refractivity contribution is -0.161. The zero-order chi connectivity index (χ0) is 40.5. The number of phosphoric acid groups is 1. The number of allylic oxidation sites excluding steroid dienone is 4. The molecule has 0 aliphatic carbocycles. The van der Waals surface area contributed by atoms with E-state index in [1.165, 1.54) is 122 Å². The molecule has 0 aliphatic rings. The second-order valence-corrected chi connectivity index (χ2v) is 16.5. The first-order valence-electron chi connectivity index (χ1n) is 22.3. The van der Waals surface area contributed by atoms with Gasteiger partial charge in [0.25, 0.3) is 0 Å². The molecule has 1 unspecified atom stereocenters. The summed E-state index contributed by atoms with van der Waals surface area (Å²) in [5.74, 6) is -0.940. The Labute approximate surface area is 336 Å². The van der Waals surface area contributed by atoms with Crippen LogP contribution in [0.5, 0.6) is 0 Å². The van der Waals surface area contributed by atoms with Crippen LogP contribution in [0.1, 0.15) is 206 Å². The van der Waals surface area contributed by atoms with Gasteiger partial charge in [0.05, 0.1) is 19.8 Å². The number of unbranched alkanes of at least 4 members (excludes halogenated alkanes) is 24. The van der Waals surface area contributed by atoms with Gasteiger partial charge in [-0.2, -0.15) is 0 Å². The number of hydrogen-bond acceptors (Lipinski definition) is 9. The van der Waals surface area contributed by atoms with Gasteiger partial charge < -0.3 is 24.6 Å². The van der Waals surface area contributed by atoms with E-state index in [0.717, 1.165) is 44.9 Å². The minimum absolute atomic E-state index is 0.166. The minimum atomic E-state index is -4.62. The molecule has 55 heavy (non-hydrogen) atoms. The molecule has 0 heterocycles. The molecule has 0 aromatic heterocycles. The third-order valence-electron chi connectivity index (χ3n) is 9.58. The van der Waals surface area contributed by atoms with Gasteiger partial charge in [0, 0.05) is 12.8 Å². The lowest BCUT2D eigenvalue weighted by atomic mass is 10.1. The van der Waals surface area contributed by atoms with Crippen LogP contribution in [0.15, 0.2) is 24.3 Å². The number of phosphoric ester groups is 1. The number of ether oxygens (including phenoxy) is 2. The van der Waals surface area contributed by atoms with Crippen molar-refractivity contribution in [1.82, 2.24) is 0 Å². The van der Waals surface area contributed by atoms with Crippen LogP contribution in [0.4, 0.5) is 0 Å². The van der Waals surface area contributed by atoms with Crippen molar-refractivity contribution in [2.45, 2.75) is 219 Å². The standard InChI is InChI=1S/C44H83O10P/c1-3-5-7-9-11-13-15-17-19-20-22-23-25-27-29-31-33-35-43(47)51-39-42(40-53-55(49,50)52-38-41(46)37-45)54-44(48)36-34-32-30-28-26-24-21-18-16-14-12-10-8-6-4-2/h13,15,24,26,41-42,45-46H,3-12,14,16-23,25,27-40H2,1-2H3,(H,49,50)/b15-13+,26-24+/t41-,42+/m0/s1. The smallest absolute Gasteiger partial charge is 0.462 e. The zero-order valence-electron chi connectivity index (χ0n) is 35.2. The van der Waals surface area contributed by atoms with Crippen molar-refractivity contribution in [3.8, 4) is 0 Å². The normalized spacial score (nSPS) is 14.1. The van der Waals surface area contributed by atoms with E-state index < -0.39 is 51.8 Å². The Hall–Kier alpha value is -1.55. The van der Waals surface area contributed by atoms with Gasteiger partial charge in [-0.05, 0) is 64.2 Å². The van der Waals surface area contributed by atoms with Gasteiger partial charge in [-0.15, -0.1) is 0 Å². The number of hydrogen-bond donors (Lipinski definition) is 3. The van der Waals surface area contributed by atoms with Crippen LogP contribution in [-0.2, 0) is 32.7 Å². The molecule has 0 bridgehead atoms. The zero-order valence-corrected chi connectivity index (χ0v) is 36.0. The topological polar surface area (TPSA) is 149 Å². The number of carbonyl (C=O) groups excluding carboxylic acids is 2. The van der Waals surface area contributed by atoms with Crippen LogP contribution in [0.2, 0.25) is 0 Å². The summed E-state index contributed by atoms with van der Waals surface area (Å²) in [4.78, 5) is 35.0. The Balaban J connectivity index is 4.28. The van der Waals surface area contributed by atoms with Crippen molar-refractivity contribution in [3.63, 3.8) is 0 Å². The molecule has 0 amide bonds. The lowest BCUT2D eigenvalue weighted by Crippen LogP contribution is -2.29. The SMILES string of the molecule is CCCCCC/C=C/CCCCCCCCCCCC(=O)OC[C@H](COP(=O)(O)OC[C@@H](O)CO)OC(=O)CCCCC/C=C/CCCCCCCCCC. The predicted molar refractivity (Wildman–Crippen MR) is 224 cm³/mol. The maximum Gasteiger partial charge on any atom is 0.472 e. The van der Waals surface area contributed by atoms with Crippen molar-refractivity contribution in [1.29, 1.82) is 0 Å². The molecule has 0 saturated heterocycles. The molecule has 0 spiro atoms. The molecule has 0 radical (unpaired) electrons. The maximum absolute atomic E-state index is 12.6. The highest BCUT2D eigenvalue weighted by Crippen LogP contribution is 2.43. The lowest BCUT2D eigenvalue weighted by Gasteiger charge is -2.20. The number of aliphatic hydroxyl groups excluding tert-OH is 2. The summed E-state index contributed by atoms with van der Waals surface area (Å²) >= 11 is 0. The van der Waals surface area contributed by atoms with Crippen LogP contribution in [0.3, 0.4) is 0 Å². The Morgan fingerprint density at radius 2 is 0.891 bits per heavy atom. The Kier molecular flexibility index (Phi) is 39.5. The van der Waals surface area contributed by atoms with E-state index in [2.05, 4.69) is 42.7 Å². The summed E-state index contributed by atoms with van der Waals surface area (Å²) in [6, 6.07) is 0. The van der Waals surface area contributed by atoms with E-state index in [1.54, 1.807) is 0 Å². The van der Waals surface area contributed by atoms with Crippen molar-refractivity contribution in [3.05, 3.63) is 24.3 Å². The second-order valence-electron chi connectivity index (χ2n) is 15.1. The summed E-state index contributed by atoms with van der Waals surface area (Å²) in [6.45, 7) is 2.36. The molecular weight excluding hydrogens is 719 g/mol. The van der Waals surface area contributed by atoms with Gasteiger partial charge >= 0.3 is 19.8 Å². The fourth-order valence-corrected chi connectivity index (χ4v) is 6.89. The van der Waals surface area contributed by atoms with Crippen molar-refractivity contribution >= 4 is 19.8 Å². The Morgan fingerprint density at radius 1 is 0.527 bits per heavy atom. The van der Waals surface area contributed by atoms with Crippen molar-refractivity contribution in [2.75, 3.05) is 26.4 Å². The predicted octanol–water partition coefficient (Wildman–Crippen LogP) is 11.8. The van der Waals surface area contributed by atoms with E-state index in [9.17, 15) is 24.2 Å². The van der Waals surface area contributed by atoms with E-state index in [-0.39, 0.29) is 19.4 Å². The molecule has 0 aromatic rings. The van der Waals surface area contributed by atoms with Crippen molar-refractivity contribution in [2.24, 2.45) is 0 Å². The summed E-state index contributed by atoms with van der Waals surface area (Å²) < 4.78 is 32.7. The number of esters is 2. The molecule has 10 nitrogen and oxygen atoms in total. The van der Waals surface area contributed by atoms with Crippen LogP contribution in [0, 0.1) is 0 Å². The second kappa shape index (κ2) is 40.6. The molecule has 0 aromatic carbocycles. The summed E-state index contributed by atoms with van der Waals surface area (Å²) in [5, 5.41) is 18.3. The van der Waals surface area contributed by atoms with Crippen LogP contribution < -0.4 is 0 Å². The molecule has 11 heteroatoms. The maximum atomic E-state index is 12.6. The highest BCUT2D eigenvalue weighted by molar-refractivity contribution is 7.47. The summed E-state index contributed by atoms with van der Waals surface area (Å²) in [7, 11) is -4.62. The molecule has 3 N–H and O–H groups in total. The third kappa shape index (κ3) is 40.4. The minimum Gasteiger partial charge on any atom is -0.462 e. The Bertz CT molecular complexity index is 972. The van der Waals surface area contributed by atoms with Gasteiger partial charge in [-0.3, -0.25) is 18.6 Å². The molecule has 0 aliphatic heterocycles. The summed E-state index contributed by atoms with van der Waals surface area (Å²) in [6.07, 6.45) is 40.0. The third-order valence-corrected chi connectivity index (χ3v) is 10.5. The first-order valence-corrected chi connectivity index (χ1v) is 23.8. The monoisotopic (exact) mass is 803 g/mol. The van der Waals surface area contributed by atoms with Crippen LogP contribution in [-0.4, -0.2) is 65.7 Å². The molecule has 0 rings (SSSR count). The largest absolute Gasteiger partial charge is 0.472 e. The average molecular weight is 803 g/mol. The fraction of sp³-hybridized carbons (Fsp3) is 0.864. The van der Waals surface area contributed by atoms with Gasteiger partial charge in [0.2, 0.25) is 0 Å². The van der Waals surface area contributed by atoms with E-state index in [4.69, 9.17) is 19.1 Å². The van der Waals surface area contributed by atoms with Crippen molar-refractivity contribution < 1.29 is 47.8 Å². The quantitative estimate of drug-likeness (QED) is 0.0236. The number of carbonyl (C=O) groups is 2. The first kappa shape index (κ1) is 53.5. The van der Waals surface area contributed by atoms with E-state index in [1.807, 2.05) is 0 Å². The molecule has 0 saturated carbocycles. The molecule has 3 atom stereocenters. The highest BCUT2D eigenvalue weighted by atomic mass is 31.2. The summed E-state index contributed by atoms with van der Waals surface area (Å²) in [5.41, 5.74) is 0. The number of aliphatic hydroxyl groups is 2. The fourth-order valence-electron chi connectivity index (χ4n) is 6.10. The van der Waals surface area contributed by atoms with Crippen LogP contribution >= 0.6 is 7.82 Å². The first-order chi connectivity index (χ1) is 26.7. The van der Waals surface area contributed by atoms with Gasteiger partial charge in [-0.25, -0.2) is 4.57 Å².